The van der Waals surface area contributed by atoms with Crippen LogP contribution in [0.2, 0.25) is 0 Å². The first kappa shape index (κ1) is 16.5. The minimum atomic E-state index is 0.598. The van der Waals surface area contributed by atoms with Gasteiger partial charge in [0.05, 0.1) is 0 Å². The first-order chi connectivity index (χ1) is 10.3. The Kier molecular flexibility index (Phi) is 6.72. The summed E-state index contributed by atoms with van der Waals surface area (Å²) < 4.78 is 0. The molecule has 0 bridgehead atoms. The monoisotopic (exact) mass is 288 g/mol. The lowest BCUT2D eigenvalue weighted by atomic mass is 9.96. The second kappa shape index (κ2) is 8.55. The van der Waals surface area contributed by atoms with Crippen molar-refractivity contribution < 1.29 is 0 Å². The highest BCUT2D eigenvalue weighted by Gasteiger charge is 2.30. The molecule has 0 saturated carbocycles. The lowest BCUT2D eigenvalue weighted by Gasteiger charge is -2.44. The molecule has 1 heterocycles. The highest BCUT2D eigenvalue weighted by atomic mass is 15.3. The van der Waals surface area contributed by atoms with E-state index in [0.717, 1.165) is 25.0 Å². The van der Waals surface area contributed by atoms with Gasteiger partial charge in [0.25, 0.3) is 0 Å². The van der Waals surface area contributed by atoms with Crippen LogP contribution in [0.1, 0.15) is 52.0 Å². The van der Waals surface area contributed by atoms with Gasteiger partial charge in [0.1, 0.15) is 0 Å². The van der Waals surface area contributed by atoms with Crippen molar-refractivity contribution in [2.45, 2.75) is 71.0 Å². The Morgan fingerprint density at radius 3 is 2.48 bits per heavy atom. The molecule has 0 aliphatic carbocycles. The number of nitrogens with one attached hydrogen (secondary N) is 1. The molecule has 2 unspecified atom stereocenters. The number of benzene rings is 1. The van der Waals surface area contributed by atoms with Crippen molar-refractivity contribution in [3.05, 3.63) is 35.9 Å². The van der Waals surface area contributed by atoms with Gasteiger partial charge in [0.2, 0.25) is 0 Å². The normalized spacial score (nSPS) is 23.6. The van der Waals surface area contributed by atoms with Crippen molar-refractivity contribution in [2.24, 2.45) is 0 Å². The Morgan fingerprint density at radius 2 is 1.86 bits per heavy atom. The van der Waals surface area contributed by atoms with Crippen LogP contribution >= 0.6 is 0 Å². The first-order valence-electron chi connectivity index (χ1n) is 8.81. The summed E-state index contributed by atoms with van der Waals surface area (Å²) in [7, 11) is 0. The second-order valence-electron chi connectivity index (χ2n) is 6.40. The van der Waals surface area contributed by atoms with E-state index >= 15 is 0 Å². The van der Waals surface area contributed by atoms with Gasteiger partial charge in [0, 0.05) is 31.2 Å². The van der Waals surface area contributed by atoms with E-state index in [1.807, 2.05) is 0 Å². The zero-order valence-electron chi connectivity index (χ0n) is 14.0. The minimum Gasteiger partial charge on any atom is -0.311 e. The standard InChI is InChI=1S/C19H32N2/c1-4-10-19-14-20-17(13-16-11-8-7-9-12-16)15-21(19)18(5-2)6-3/h7-9,11-12,17-20H,4-6,10,13-15H2,1-3H3. The van der Waals surface area contributed by atoms with Crippen LogP contribution in [0.15, 0.2) is 30.3 Å². The number of rotatable bonds is 7. The Hall–Kier alpha value is -0.860. The summed E-state index contributed by atoms with van der Waals surface area (Å²) in [5, 5.41) is 3.79. The average molecular weight is 288 g/mol. The second-order valence-corrected chi connectivity index (χ2v) is 6.40. The summed E-state index contributed by atoms with van der Waals surface area (Å²) in [5.74, 6) is 0. The Labute approximate surface area is 130 Å². The third kappa shape index (κ3) is 4.55. The summed E-state index contributed by atoms with van der Waals surface area (Å²) in [4.78, 5) is 2.80. The van der Waals surface area contributed by atoms with Crippen LogP contribution in [0, 0.1) is 0 Å². The summed E-state index contributed by atoms with van der Waals surface area (Å²) in [6.45, 7) is 9.34. The molecule has 1 aromatic rings. The molecule has 0 spiro atoms. The van der Waals surface area contributed by atoms with E-state index < -0.39 is 0 Å². The van der Waals surface area contributed by atoms with Crippen molar-refractivity contribution in [3.8, 4) is 0 Å². The molecule has 0 amide bonds. The number of hydrogen-bond donors (Lipinski definition) is 1. The van der Waals surface area contributed by atoms with Gasteiger partial charge in [-0.15, -0.1) is 0 Å². The molecule has 1 fully saturated rings. The van der Waals surface area contributed by atoms with Crippen LogP contribution in [0.4, 0.5) is 0 Å². The van der Waals surface area contributed by atoms with E-state index in [-0.39, 0.29) is 0 Å². The Balaban J connectivity index is 2.00. The minimum absolute atomic E-state index is 0.598. The predicted molar refractivity (Wildman–Crippen MR) is 91.7 cm³/mol. The smallest absolute Gasteiger partial charge is 0.0236 e. The third-order valence-electron chi connectivity index (χ3n) is 4.90. The average Bonchev–Trinajstić information content (AvgIpc) is 2.52. The summed E-state index contributed by atoms with van der Waals surface area (Å²) in [5.41, 5.74) is 1.45. The zero-order chi connectivity index (χ0) is 15.1. The highest BCUT2D eigenvalue weighted by Crippen LogP contribution is 2.21. The van der Waals surface area contributed by atoms with Gasteiger partial charge in [-0.05, 0) is 31.2 Å². The van der Waals surface area contributed by atoms with E-state index in [4.69, 9.17) is 0 Å². The van der Waals surface area contributed by atoms with E-state index in [2.05, 4.69) is 61.3 Å². The van der Waals surface area contributed by atoms with Gasteiger partial charge >= 0.3 is 0 Å². The Morgan fingerprint density at radius 1 is 1.14 bits per heavy atom. The van der Waals surface area contributed by atoms with Crippen molar-refractivity contribution >= 4 is 0 Å². The highest BCUT2D eigenvalue weighted by molar-refractivity contribution is 5.16. The van der Waals surface area contributed by atoms with Crippen molar-refractivity contribution in [1.29, 1.82) is 0 Å². The fourth-order valence-electron chi connectivity index (χ4n) is 3.73. The van der Waals surface area contributed by atoms with Gasteiger partial charge in [-0.1, -0.05) is 57.5 Å². The molecular formula is C19H32N2. The van der Waals surface area contributed by atoms with Crippen LogP contribution in [-0.4, -0.2) is 36.1 Å². The van der Waals surface area contributed by atoms with Gasteiger partial charge < -0.3 is 5.32 Å². The predicted octanol–water partition coefficient (Wildman–Crippen LogP) is 3.86. The van der Waals surface area contributed by atoms with Crippen LogP contribution in [0.25, 0.3) is 0 Å². The van der Waals surface area contributed by atoms with Gasteiger partial charge in [0.15, 0.2) is 0 Å². The third-order valence-corrected chi connectivity index (χ3v) is 4.90. The maximum atomic E-state index is 3.79. The fraction of sp³-hybridized carbons (Fsp3) is 0.684. The lowest BCUT2D eigenvalue weighted by molar-refractivity contribution is 0.0711. The van der Waals surface area contributed by atoms with E-state index in [0.29, 0.717) is 6.04 Å². The van der Waals surface area contributed by atoms with Gasteiger partial charge in [-0.2, -0.15) is 0 Å². The molecule has 2 rings (SSSR count). The summed E-state index contributed by atoms with van der Waals surface area (Å²) >= 11 is 0. The topological polar surface area (TPSA) is 15.3 Å². The lowest BCUT2D eigenvalue weighted by Crippen LogP contribution is -2.59. The first-order valence-corrected chi connectivity index (χ1v) is 8.81. The molecular weight excluding hydrogens is 256 g/mol. The molecule has 21 heavy (non-hydrogen) atoms. The maximum Gasteiger partial charge on any atom is 0.0236 e. The van der Waals surface area contributed by atoms with Crippen molar-refractivity contribution in [2.75, 3.05) is 13.1 Å². The maximum absolute atomic E-state index is 3.79. The largest absolute Gasteiger partial charge is 0.311 e. The number of nitrogens with zero attached hydrogens (tertiary/aromatic N) is 1. The SMILES string of the molecule is CCCC1CNC(Cc2ccccc2)CN1C(CC)CC. The zero-order valence-corrected chi connectivity index (χ0v) is 14.0. The summed E-state index contributed by atoms with van der Waals surface area (Å²) in [6.07, 6.45) is 6.30. The molecule has 1 aromatic carbocycles. The molecule has 118 valence electrons. The van der Waals surface area contributed by atoms with Crippen LogP contribution in [0.5, 0.6) is 0 Å². The fourth-order valence-corrected chi connectivity index (χ4v) is 3.73. The number of hydrogen-bond acceptors (Lipinski definition) is 2. The molecule has 1 saturated heterocycles. The van der Waals surface area contributed by atoms with Crippen molar-refractivity contribution in [3.63, 3.8) is 0 Å². The van der Waals surface area contributed by atoms with Gasteiger partial charge in [-0.25, -0.2) is 0 Å². The molecule has 1 aliphatic rings. The van der Waals surface area contributed by atoms with Crippen molar-refractivity contribution in [1.82, 2.24) is 10.2 Å². The molecule has 2 atom stereocenters. The summed E-state index contributed by atoms with van der Waals surface area (Å²) in [6, 6.07) is 13.0. The van der Waals surface area contributed by atoms with E-state index in [1.165, 1.54) is 37.8 Å². The quantitative estimate of drug-likeness (QED) is 0.819. The van der Waals surface area contributed by atoms with Crippen LogP contribution in [-0.2, 0) is 6.42 Å². The van der Waals surface area contributed by atoms with Gasteiger partial charge in [-0.3, -0.25) is 4.90 Å². The van der Waals surface area contributed by atoms with E-state index in [9.17, 15) is 0 Å². The van der Waals surface area contributed by atoms with E-state index in [1.54, 1.807) is 0 Å². The molecule has 1 N–H and O–H groups in total. The van der Waals surface area contributed by atoms with Crippen LogP contribution < -0.4 is 5.32 Å². The molecule has 0 aromatic heterocycles. The molecule has 0 radical (unpaired) electrons. The molecule has 1 aliphatic heterocycles. The molecule has 2 heteroatoms. The van der Waals surface area contributed by atoms with Crippen LogP contribution in [0.3, 0.4) is 0 Å². The molecule has 2 nitrogen and oxygen atoms in total. The number of piperazine rings is 1. The Bertz CT molecular complexity index is 386.